The molecule has 2 aromatic rings. The van der Waals surface area contributed by atoms with Gasteiger partial charge in [-0.05, 0) is 42.7 Å². The summed E-state index contributed by atoms with van der Waals surface area (Å²) in [4.78, 5) is 18.4. The summed E-state index contributed by atoms with van der Waals surface area (Å²) in [6, 6.07) is 7.00. The number of aromatic carboxylic acids is 1. The highest BCUT2D eigenvalue weighted by molar-refractivity contribution is 5.85. The van der Waals surface area contributed by atoms with Crippen molar-refractivity contribution in [3.63, 3.8) is 0 Å². The number of aryl methyl sites for hydroxylation is 1. The predicted octanol–water partition coefficient (Wildman–Crippen LogP) is 2.19. The third kappa shape index (κ3) is 4.06. The van der Waals surface area contributed by atoms with Crippen molar-refractivity contribution in [2.45, 2.75) is 12.8 Å². The molecule has 0 unspecified atom stereocenters. The summed E-state index contributed by atoms with van der Waals surface area (Å²) in [5, 5.41) is 8.71. The molecular formula is C14H14N2O3. The van der Waals surface area contributed by atoms with Crippen molar-refractivity contribution in [3.8, 4) is 5.75 Å². The van der Waals surface area contributed by atoms with Crippen LogP contribution in [-0.2, 0) is 6.42 Å². The molecule has 5 heteroatoms. The maximum absolute atomic E-state index is 10.6. The first kappa shape index (κ1) is 13.0. The fourth-order valence-corrected chi connectivity index (χ4v) is 1.61. The molecule has 0 aromatic carbocycles. The quantitative estimate of drug-likeness (QED) is 0.804. The zero-order valence-electron chi connectivity index (χ0n) is 10.3. The van der Waals surface area contributed by atoms with E-state index >= 15 is 0 Å². The van der Waals surface area contributed by atoms with Crippen LogP contribution < -0.4 is 4.74 Å². The van der Waals surface area contributed by atoms with Crippen LogP contribution in [0.4, 0.5) is 0 Å². The average molecular weight is 258 g/mol. The minimum absolute atomic E-state index is 0.0177. The zero-order valence-corrected chi connectivity index (χ0v) is 10.3. The van der Waals surface area contributed by atoms with E-state index < -0.39 is 5.97 Å². The van der Waals surface area contributed by atoms with E-state index in [1.807, 2.05) is 12.1 Å². The summed E-state index contributed by atoms with van der Waals surface area (Å²) in [6.45, 7) is 0.566. The molecule has 0 aliphatic heterocycles. The highest BCUT2D eigenvalue weighted by Gasteiger charge is 2.03. The van der Waals surface area contributed by atoms with Gasteiger partial charge in [0.25, 0.3) is 0 Å². The molecule has 5 nitrogen and oxygen atoms in total. The minimum Gasteiger partial charge on any atom is -0.492 e. The fraction of sp³-hybridized carbons (Fsp3) is 0.214. The fourth-order valence-electron chi connectivity index (χ4n) is 1.61. The molecule has 0 saturated heterocycles. The van der Waals surface area contributed by atoms with Crippen LogP contribution in [-0.4, -0.2) is 27.7 Å². The summed E-state index contributed by atoms with van der Waals surface area (Å²) >= 11 is 0. The van der Waals surface area contributed by atoms with Gasteiger partial charge in [-0.3, -0.25) is 4.98 Å². The Balaban J connectivity index is 1.75. The molecule has 0 fully saturated rings. The van der Waals surface area contributed by atoms with Crippen LogP contribution in [0.15, 0.2) is 42.9 Å². The van der Waals surface area contributed by atoms with Crippen molar-refractivity contribution in [3.05, 3.63) is 54.1 Å². The van der Waals surface area contributed by atoms with Gasteiger partial charge in [-0.25, -0.2) is 9.78 Å². The van der Waals surface area contributed by atoms with Crippen molar-refractivity contribution in [1.29, 1.82) is 0 Å². The standard InChI is InChI=1S/C14H14N2O3/c17-14(18)13-4-3-12(10-16-13)19-9-1-2-11-5-7-15-8-6-11/h3-8,10H,1-2,9H2,(H,17,18). The molecule has 98 valence electrons. The average Bonchev–Trinajstić information content (AvgIpc) is 2.45. The number of ether oxygens (including phenoxy) is 1. The molecule has 2 aromatic heterocycles. The van der Waals surface area contributed by atoms with E-state index in [9.17, 15) is 4.79 Å². The number of hydrogen-bond acceptors (Lipinski definition) is 4. The maximum Gasteiger partial charge on any atom is 0.354 e. The molecule has 19 heavy (non-hydrogen) atoms. The molecule has 0 saturated carbocycles. The molecule has 0 amide bonds. The lowest BCUT2D eigenvalue weighted by Crippen LogP contribution is -2.02. The first-order valence-corrected chi connectivity index (χ1v) is 5.97. The smallest absolute Gasteiger partial charge is 0.354 e. The second-order valence-corrected chi connectivity index (χ2v) is 3.99. The van der Waals surface area contributed by atoms with Gasteiger partial charge in [0.05, 0.1) is 12.8 Å². The Kier molecular flexibility index (Phi) is 4.44. The normalized spacial score (nSPS) is 10.1. The number of nitrogens with zero attached hydrogens (tertiary/aromatic N) is 2. The van der Waals surface area contributed by atoms with Gasteiger partial charge in [0.1, 0.15) is 11.4 Å². The third-order valence-electron chi connectivity index (χ3n) is 2.58. The van der Waals surface area contributed by atoms with E-state index in [0.717, 1.165) is 12.8 Å². The molecular weight excluding hydrogens is 244 g/mol. The molecule has 0 aliphatic rings. The lowest BCUT2D eigenvalue weighted by Gasteiger charge is -2.05. The van der Waals surface area contributed by atoms with Gasteiger partial charge in [0.2, 0.25) is 0 Å². The predicted molar refractivity (Wildman–Crippen MR) is 69.2 cm³/mol. The number of rotatable bonds is 6. The van der Waals surface area contributed by atoms with Crippen molar-refractivity contribution in [1.82, 2.24) is 9.97 Å². The van der Waals surface area contributed by atoms with Crippen molar-refractivity contribution < 1.29 is 14.6 Å². The van der Waals surface area contributed by atoms with Gasteiger partial charge in [-0.15, -0.1) is 0 Å². The van der Waals surface area contributed by atoms with E-state index in [0.29, 0.717) is 12.4 Å². The lowest BCUT2D eigenvalue weighted by atomic mass is 10.1. The van der Waals surface area contributed by atoms with Gasteiger partial charge in [-0.2, -0.15) is 0 Å². The van der Waals surface area contributed by atoms with Crippen LogP contribution >= 0.6 is 0 Å². The van der Waals surface area contributed by atoms with Gasteiger partial charge in [0.15, 0.2) is 0 Å². The molecule has 0 spiro atoms. The van der Waals surface area contributed by atoms with Crippen LogP contribution in [0.1, 0.15) is 22.5 Å². The molecule has 0 bridgehead atoms. The Bertz CT molecular complexity index is 526. The van der Waals surface area contributed by atoms with Crippen LogP contribution in [0.25, 0.3) is 0 Å². The molecule has 2 rings (SSSR count). The van der Waals surface area contributed by atoms with Gasteiger partial charge >= 0.3 is 5.97 Å². The largest absolute Gasteiger partial charge is 0.492 e. The van der Waals surface area contributed by atoms with E-state index in [4.69, 9.17) is 9.84 Å². The molecule has 0 atom stereocenters. The monoisotopic (exact) mass is 258 g/mol. The van der Waals surface area contributed by atoms with Crippen LogP contribution in [0, 0.1) is 0 Å². The molecule has 0 radical (unpaired) electrons. The molecule has 1 N–H and O–H groups in total. The topological polar surface area (TPSA) is 72.3 Å². The second kappa shape index (κ2) is 6.49. The zero-order chi connectivity index (χ0) is 13.5. The van der Waals surface area contributed by atoms with Crippen molar-refractivity contribution in [2.75, 3.05) is 6.61 Å². The minimum atomic E-state index is -1.04. The Labute approximate surface area is 110 Å². The highest BCUT2D eigenvalue weighted by Crippen LogP contribution is 2.10. The number of pyridine rings is 2. The Morgan fingerprint density at radius 2 is 2.00 bits per heavy atom. The van der Waals surface area contributed by atoms with E-state index in [-0.39, 0.29) is 5.69 Å². The Hall–Kier alpha value is -2.43. The number of carbonyl (C=O) groups is 1. The maximum atomic E-state index is 10.6. The van der Waals surface area contributed by atoms with E-state index in [2.05, 4.69) is 9.97 Å². The summed E-state index contributed by atoms with van der Waals surface area (Å²) in [5.41, 5.74) is 1.24. The van der Waals surface area contributed by atoms with Crippen molar-refractivity contribution >= 4 is 5.97 Å². The van der Waals surface area contributed by atoms with E-state index in [1.54, 1.807) is 18.5 Å². The third-order valence-corrected chi connectivity index (χ3v) is 2.58. The highest BCUT2D eigenvalue weighted by atomic mass is 16.5. The first-order chi connectivity index (χ1) is 9.25. The lowest BCUT2D eigenvalue weighted by molar-refractivity contribution is 0.0690. The van der Waals surface area contributed by atoms with E-state index in [1.165, 1.54) is 17.8 Å². The summed E-state index contributed by atoms with van der Waals surface area (Å²) < 4.78 is 5.49. The van der Waals surface area contributed by atoms with Gasteiger partial charge < -0.3 is 9.84 Å². The van der Waals surface area contributed by atoms with Crippen LogP contribution in [0.5, 0.6) is 5.75 Å². The first-order valence-electron chi connectivity index (χ1n) is 5.97. The molecule has 2 heterocycles. The number of aromatic nitrogens is 2. The van der Waals surface area contributed by atoms with Gasteiger partial charge in [-0.1, -0.05) is 0 Å². The number of carboxylic acid groups (broad SMARTS) is 1. The second-order valence-electron chi connectivity index (χ2n) is 3.99. The molecule has 0 aliphatic carbocycles. The van der Waals surface area contributed by atoms with Crippen LogP contribution in [0.2, 0.25) is 0 Å². The summed E-state index contributed by atoms with van der Waals surface area (Å²) in [6.07, 6.45) is 6.76. The van der Waals surface area contributed by atoms with Crippen LogP contribution in [0.3, 0.4) is 0 Å². The van der Waals surface area contributed by atoms with Crippen molar-refractivity contribution in [2.24, 2.45) is 0 Å². The SMILES string of the molecule is O=C(O)c1ccc(OCCCc2ccncc2)cn1. The Morgan fingerprint density at radius 3 is 2.63 bits per heavy atom. The number of hydrogen-bond donors (Lipinski definition) is 1. The summed E-state index contributed by atoms with van der Waals surface area (Å²) in [7, 11) is 0. The number of carboxylic acids is 1. The Morgan fingerprint density at radius 1 is 1.21 bits per heavy atom. The summed E-state index contributed by atoms with van der Waals surface area (Å²) in [5.74, 6) is -0.455. The van der Waals surface area contributed by atoms with Gasteiger partial charge in [0, 0.05) is 12.4 Å².